The number of hydrogen-bond donors (Lipinski definition) is 0. The molecule has 74 valence electrons. The van der Waals surface area contributed by atoms with Crippen LogP contribution in [0.2, 0.25) is 0 Å². The van der Waals surface area contributed by atoms with Gasteiger partial charge >= 0.3 is 0 Å². The van der Waals surface area contributed by atoms with Crippen LogP contribution < -0.4 is 0 Å². The molecule has 1 atom stereocenters. The highest BCUT2D eigenvalue weighted by atomic mass is 15.1. The molecular formula is C11H25N. The zero-order valence-corrected chi connectivity index (χ0v) is 9.65. The SMILES string of the molecule is CC[C@@](C)(CC(C)C)CN(C)C. The van der Waals surface area contributed by atoms with Crippen LogP contribution in [0.4, 0.5) is 0 Å². The maximum atomic E-state index is 2.40. The molecule has 0 bridgehead atoms. The molecule has 0 aliphatic carbocycles. The Labute approximate surface area is 78.1 Å². The van der Waals surface area contributed by atoms with E-state index in [1.54, 1.807) is 0 Å². The standard InChI is InChI=1S/C11H25N/c1-7-11(4,8-10(2)3)9-12(5)6/h10H,7-9H2,1-6H3/t11-/m0/s1. The van der Waals surface area contributed by atoms with Crippen LogP contribution in [0.5, 0.6) is 0 Å². The van der Waals surface area contributed by atoms with Crippen molar-refractivity contribution in [3.8, 4) is 0 Å². The average molecular weight is 171 g/mol. The second-order valence-electron chi connectivity index (χ2n) is 5.00. The molecule has 0 unspecified atom stereocenters. The third kappa shape index (κ3) is 4.76. The van der Waals surface area contributed by atoms with E-state index in [0.717, 1.165) is 5.92 Å². The Balaban J connectivity index is 4.04. The first-order chi connectivity index (χ1) is 5.39. The first kappa shape index (κ1) is 12.0. The summed E-state index contributed by atoms with van der Waals surface area (Å²) in [7, 11) is 4.32. The summed E-state index contributed by atoms with van der Waals surface area (Å²) in [6.07, 6.45) is 2.62. The van der Waals surface area contributed by atoms with Crippen molar-refractivity contribution in [2.75, 3.05) is 20.6 Å². The van der Waals surface area contributed by atoms with E-state index in [4.69, 9.17) is 0 Å². The summed E-state index contributed by atoms with van der Waals surface area (Å²) in [5.41, 5.74) is 0.512. The molecule has 1 nitrogen and oxygen atoms in total. The smallest absolute Gasteiger partial charge is 0.00292 e. The van der Waals surface area contributed by atoms with Crippen molar-refractivity contribution < 1.29 is 0 Å². The van der Waals surface area contributed by atoms with Crippen molar-refractivity contribution in [3.05, 3.63) is 0 Å². The highest BCUT2D eigenvalue weighted by Gasteiger charge is 2.23. The molecule has 0 aromatic carbocycles. The van der Waals surface area contributed by atoms with Crippen molar-refractivity contribution in [2.45, 2.75) is 40.5 Å². The van der Waals surface area contributed by atoms with Crippen LogP contribution in [-0.2, 0) is 0 Å². The zero-order valence-electron chi connectivity index (χ0n) is 9.65. The quantitative estimate of drug-likeness (QED) is 0.614. The first-order valence-electron chi connectivity index (χ1n) is 5.04. The Bertz CT molecular complexity index is 106. The lowest BCUT2D eigenvalue weighted by Gasteiger charge is -2.33. The van der Waals surface area contributed by atoms with Gasteiger partial charge in [-0.1, -0.05) is 27.7 Å². The highest BCUT2D eigenvalue weighted by molar-refractivity contribution is 4.76. The predicted octanol–water partition coefficient (Wildman–Crippen LogP) is 3.01. The molecule has 0 aliphatic rings. The summed E-state index contributed by atoms with van der Waals surface area (Å²) in [5.74, 6) is 0.815. The number of rotatable bonds is 5. The number of nitrogens with zero attached hydrogens (tertiary/aromatic N) is 1. The van der Waals surface area contributed by atoms with Gasteiger partial charge in [0, 0.05) is 6.54 Å². The minimum absolute atomic E-state index is 0.512. The second kappa shape index (κ2) is 4.86. The van der Waals surface area contributed by atoms with Gasteiger partial charge in [-0.15, -0.1) is 0 Å². The summed E-state index contributed by atoms with van der Waals surface area (Å²) in [4.78, 5) is 2.30. The molecule has 0 saturated heterocycles. The summed E-state index contributed by atoms with van der Waals surface area (Å²) in [5, 5.41) is 0. The van der Waals surface area contributed by atoms with E-state index in [1.165, 1.54) is 19.4 Å². The molecule has 0 fully saturated rings. The third-order valence-corrected chi connectivity index (χ3v) is 2.45. The fourth-order valence-corrected chi connectivity index (χ4v) is 2.07. The van der Waals surface area contributed by atoms with Crippen LogP contribution in [0.15, 0.2) is 0 Å². The predicted molar refractivity (Wildman–Crippen MR) is 56.4 cm³/mol. The van der Waals surface area contributed by atoms with Gasteiger partial charge in [-0.3, -0.25) is 0 Å². The van der Waals surface area contributed by atoms with Crippen LogP contribution in [-0.4, -0.2) is 25.5 Å². The second-order valence-corrected chi connectivity index (χ2v) is 5.00. The van der Waals surface area contributed by atoms with Crippen molar-refractivity contribution in [2.24, 2.45) is 11.3 Å². The lowest BCUT2D eigenvalue weighted by molar-refractivity contribution is 0.174. The average Bonchev–Trinajstić information content (AvgIpc) is 1.83. The monoisotopic (exact) mass is 171 g/mol. The fraction of sp³-hybridized carbons (Fsp3) is 1.00. The molecule has 0 saturated carbocycles. The van der Waals surface area contributed by atoms with Crippen molar-refractivity contribution in [1.29, 1.82) is 0 Å². The van der Waals surface area contributed by atoms with E-state index < -0.39 is 0 Å². The topological polar surface area (TPSA) is 3.24 Å². The molecule has 0 amide bonds. The lowest BCUT2D eigenvalue weighted by atomic mass is 9.79. The Hall–Kier alpha value is -0.0400. The normalized spacial score (nSPS) is 17.0. The van der Waals surface area contributed by atoms with E-state index in [-0.39, 0.29) is 0 Å². The van der Waals surface area contributed by atoms with E-state index >= 15 is 0 Å². The molecule has 0 radical (unpaired) electrons. The minimum Gasteiger partial charge on any atom is -0.309 e. The Morgan fingerprint density at radius 2 is 1.75 bits per heavy atom. The summed E-state index contributed by atoms with van der Waals surface area (Å²) in [6.45, 7) is 10.5. The van der Waals surface area contributed by atoms with Gasteiger partial charge in [0.1, 0.15) is 0 Å². The molecule has 0 N–H and O–H groups in total. The van der Waals surface area contributed by atoms with E-state index in [0.29, 0.717) is 5.41 Å². The molecule has 0 rings (SSSR count). The number of hydrogen-bond acceptors (Lipinski definition) is 1. The first-order valence-corrected chi connectivity index (χ1v) is 5.04. The van der Waals surface area contributed by atoms with Gasteiger partial charge in [-0.25, -0.2) is 0 Å². The molecule has 0 aromatic rings. The van der Waals surface area contributed by atoms with Crippen molar-refractivity contribution in [3.63, 3.8) is 0 Å². The van der Waals surface area contributed by atoms with Crippen molar-refractivity contribution in [1.82, 2.24) is 4.90 Å². The van der Waals surface area contributed by atoms with E-state index in [1.807, 2.05) is 0 Å². The maximum Gasteiger partial charge on any atom is 0.00292 e. The van der Waals surface area contributed by atoms with Crippen LogP contribution in [0.3, 0.4) is 0 Å². The molecule has 0 aromatic heterocycles. The summed E-state index contributed by atoms with van der Waals surface area (Å²) < 4.78 is 0. The van der Waals surface area contributed by atoms with Gasteiger partial charge < -0.3 is 4.90 Å². The van der Waals surface area contributed by atoms with E-state index in [2.05, 4.69) is 46.7 Å². The Kier molecular flexibility index (Phi) is 4.84. The van der Waals surface area contributed by atoms with Gasteiger partial charge in [-0.2, -0.15) is 0 Å². The molecule has 0 spiro atoms. The van der Waals surface area contributed by atoms with Crippen molar-refractivity contribution >= 4 is 0 Å². The highest BCUT2D eigenvalue weighted by Crippen LogP contribution is 2.29. The zero-order chi connectivity index (χ0) is 9.78. The van der Waals surface area contributed by atoms with Gasteiger partial charge in [0.05, 0.1) is 0 Å². The van der Waals surface area contributed by atoms with Gasteiger partial charge in [-0.05, 0) is 38.3 Å². The van der Waals surface area contributed by atoms with Crippen LogP contribution >= 0.6 is 0 Å². The molecule has 12 heavy (non-hydrogen) atoms. The Morgan fingerprint density at radius 3 is 2.00 bits per heavy atom. The molecule has 0 heterocycles. The third-order valence-electron chi connectivity index (χ3n) is 2.45. The van der Waals surface area contributed by atoms with Crippen LogP contribution in [0.1, 0.15) is 40.5 Å². The van der Waals surface area contributed by atoms with E-state index in [9.17, 15) is 0 Å². The molecular weight excluding hydrogens is 146 g/mol. The largest absolute Gasteiger partial charge is 0.309 e. The van der Waals surface area contributed by atoms with Gasteiger partial charge in [0.2, 0.25) is 0 Å². The fourth-order valence-electron chi connectivity index (χ4n) is 2.07. The van der Waals surface area contributed by atoms with Crippen LogP contribution in [0, 0.1) is 11.3 Å². The van der Waals surface area contributed by atoms with Gasteiger partial charge in [0.25, 0.3) is 0 Å². The Morgan fingerprint density at radius 1 is 1.25 bits per heavy atom. The van der Waals surface area contributed by atoms with Crippen LogP contribution in [0.25, 0.3) is 0 Å². The molecule has 1 heteroatoms. The molecule has 0 aliphatic heterocycles. The lowest BCUT2D eigenvalue weighted by Crippen LogP contribution is -2.31. The van der Waals surface area contributed by atoms with Gasteiger partial charge in [0.15, 0.2) is 0 Å². The minimum atomic E-state index is 0.512. The maximum absolute atomic E-state index is 2.40. The summed E-state index contributed by atoms with van der Waals surface area (Å²) >= 11 is 0. The summed E-state index contributed by atoms with van der Waals surface area (Å²) in [6, 6.07) is 0.